The van der Waals surface area contributed by atoms with E-state index in [0.29, 0.717) is 10.2 Å². The average molecular weight is 477 g/mol. The smallest absolute Gasteiger partial charge is 0.243 e. The van der Waals surface area contributed by atoms with Gasteiger partial charge in [0.15, 0.2) is 0 Å². The number of pyridine rings is 1. The van der Waals surface area contributed by atoms with Crippen molar-refractivity contribution in [1.29, 1.82) is 0 Å². The molecule has 1 aliphatic heterocycles. The lowest BCUT2D eigenvalue weighted by Crippen LogP contribution is -2.43. The van der Waals surface area contributed by atoms with Gasteiger partial charge in [0.1, 0.15) is 17.0 Å². The summed E-state index contributed by atoms with van der Waals surface area (Å²) in [6.07, 6.45) is 6.76. The zero-order valence-corrected chi connectivity index (χ0v) is 19.0. The fourth-order valence-corrected chi connectivity index (χ4v) is 5.56. The molecule has 0 spiro atoms. The van der Waals surface area contributed by atoms with Gasteiger partial charge in [-0.15, -0.1) is 0 Å². The number of halogens is 1. The van der Waals surface area contributed by atoms with Crippen molar-refractivity contribution in [3.63, 3.8) is 0 Å². The van der Waals surface area contributed by atoms with Gasteiger partial charge in [0.2, 0.25) is 10.0 Å². The molecule has 1 aromatic heterocycles. The van der Waals surface area contributed by atoms with Crippen molar-refractivity contribution in [2.75, 3.05) is 0 Å². The molecule has 154 valence electrons. The number of hydrogen-bond acceptors (Lipinski definition) is 4. The van der Waals surface area contributed by atoms with E-state index in [9.17, 15) is 8.42 Å². The van der Waals surface area contributed by atoms with Crippen LogP contribution in [-0.2, 0) is 21.9 Å². The van der Waals surface area contributed by atoms with Crippen LogP contribution < -0.4 is 4.74 Å². The molecule has 0 amide bonds. The molecule has 4 rings (SSSR count). The summed E-state index contributed by atoms with van der Waals surface area (Å²) in [6, 6.07) is 10.9. The minimum Gasteiger partial charge on any atom is -0.482 e. The van der Waals surface area contributed by atoms with Gasteiger partial charge in [-0.2, -0.15) is 4.31 Å². The second kappa shape index (κ2) is 7.85. The lowest BCUT2D eigenvalue weighted by atomic mass is 9.93. The monoisotopic (exact) mass is 476 g/mol. The summed E-state index contributed by atoms with van der Waals surface area (Å²) in [7, 11) is -3.60. The van der Waals surface area contributed by atoms with Crippen LogP contribution in [0.15, 0.2) is 47.4 Å². The molecule has 2 heterocycles. The lowest BCUT2D eigenvalue weighted by molar-refractivity contribution is 0.158. The van der Waals surface area contributed by atoms with Gasteiger partial charge in [-0.1, -0.05) is 34.5 Å². The number of nitrogens with zero attached hydrogens (tertiary/aromatic N) is 2. The highest BCUT2D eigenvalue weighted by molar-refractivity contribution is 9.08. The Hall–Kier alpha value is -1.70. The van der Waals surface area contributed by atoms with Crippen molar-refractivity contribution < 1.29 is 13.2 Å². The van der Waals surface area contributed by atoms with Crippen LogP contribution in [0.5, 0.6) is 5.75 Å². The molecule has 29 heavy (non-hydrogen) atoms. The summed E-state index contributed by atoms with van der Waals surface area (Å²) in [5, 5.41) is 0.700. The van der Waals surface area contributed by atoms with Crippen molar-refractivity contribution in [2.24, 2.45) is 0 Å². The molecule has 1 saturated carbocycles. The van der Waals surface area contributed by atoms with Gasteiger partial charge < -0.3 is 4.74 Å². The standard InChI is InChI=1S/C22H25BrN2O3S/c1-22(2)13-12-20-21(28-22)11-8-17(24-20)15-25(18-4-3-5-18)29(26,27)19-9-6-16(14-23)7-10-19/h6-13,18H,3-5,14-15H2,1-2H3. The van der Waals surface area contributed by atoms with E-state index >= 15 is 0 Å². The van der Waals surface area contributed by atoms with E-state index in [1.165, 1.54) is 0 Å². The van der Waals surface area contributed by atoms with Crippen LogP contribution in [-0.4, -0.2) is 29.3 Å². The van der Waals surface area contributed by atoms with Crippen molar-refractivity contribution in [1.82, 2.24) is 9.29 Å². The van der Waals surface area contributed by atoms with E-state index in [1.807, 2.05) is 50.3 Å². The second-order valence-corrected chi connectivity index (χ2v) is 10.6. The van der Waals surface area contributed by atoms with Gasteiger partial charge >= 0.3 is 0 Å². The van der Waals surface area contributed by atoms with Crippen LogP contribution in [0.4, 0.5) is 0 Å². The fourth-order valence-electron chi connectivity index (χ4n) is 3.53. The third-order valence-electron chi connectivity index (χ3n) is 5.44. The third-order valence-corrected chi connectivity index (χ3v) is 8.00. The number of fused-ring (bicyclic) bond motifs is 1. The van der Waals surface area contributed by atoms with Gasteiger partial charge in [-0.3, -0.25) is 0 Å². The normalized spacial score (nSPS) is 18.2. The van der Waals surface area contributed by atoms with Crippen LogP contribution in [0.3, 0.4) is 0 Å². The molecule has 1 aliphatic carbocycles. The summed E-state index contributed by atoms with van der Waals surface area (Å²) >= 11 is 3.40. The summed E-state index contributed by atoms with van der Waals surface area (Å²) in [5.41, 5.74) is 2.16. The Morgan fingerprint density at radius 1 is 1.17 bits per heavy atom. The number of alkyl halides is 1. The number of ether oxygens (including phenoxy) is 1. The number of sulfonamides is 1. The Morgan fingerprint density at radius 2 is 1.90 bits per heavy atom. The van der Waals surface area contributed by atoms with Crippen molar-refractivity contribution in [3.05, 3.63) is 59.4 Å². The van der Waals surface area contributed by atoms with Gasteiger partial charge in [-0.05, 0) is 68.7 Å². The first-order valence-corrected chi connectivity index (χ1v) is 12.4. The van der Waals surface area contributed by atoms with E-state index in [1.54, 1.807) is 16.4 Å². The van der Waals surface area contributed by atoms with E-state index < -0.39 is 10.0 Å². The highest BCUT2D eigenvalue weighted by Crippen LogP contribution is 2.33. The Kier molecular flexibility index (Phi) is 5.57. The van der Waals surface area contributed by atoms with E-state index in [0.717, 1.165) is 42.0 Å². The van der Waals surface area contributed by atoms with Crippen LogP contribution in [0.2, 0.25) is 0 Å². The predicted molar refractivity (Wildman–Crippen MR) is 117 cm³/mol. The number of rotatable bonds is 6. The summed E-state index contributed by atoms with van der Waals surface area (Å²) in [5.74, 6) is 0.727. The largest absolute Gasteiger partial charge is 0.482 e. The first-order valence-electron chi connectivity index (χ1n) is 9.83. The van der Waals surface area contributed by atoms with Crippen molar-refractivity contribution >= 4 is 32.0 Å². The summed E-state index contributed by atoms with van der Waals surface area (Å²) < 4.78 is 34.3. The van der Waals surface area contributed by atoms with Gasteiger partial charge in [-0.25, -0.2) is 13.4 Å². The molecule has 0 atom stereocenters. The first kappa shape index (κ1) is 20.6. The van der Waals surface area contributed by atoms with Crippen molar-refractivity contribution in [2.45, 2.75) is 61.5 Å². The Bertz CT molecular complexity index is 1030. The van der Waals surface area contributed by atoms with Gasteiger partial charge in [0, 0.05) is 11.4 Å². The highest BCUT2D eigenvalue weighted by atomic mass is 79.9. The average Bonchev–Trinajstić information content (AvgIpc) is 2.65. The lowest BCUT2D eigenvalue weighted by Gasteiger charge is -2.36. The maximum Gasteiger partial charge on any atom is 0.243 e. The number of hydrogen-bond donors (Lipinski definition) is 0. The molecule has 0 unspecified atom stereocenters. The number of benzene rings is 1. The van der Waals surface area contributed by atoms with Crippen LogP contribution >= 0.6 is 15.9 Å². The molecule has 0 N–H and O–H groups in total. The van der Waals surface area contributed by atoms with E-state index in [2.05, 4.69) is 20.9 Å². The molecule has 5 nitrogen and oxygen atoms in total. The van der Waals surface area contributed by atoms with E-state index in [4.69, 9.17) is 4.74 Å². The van der Waals surface area contributed by atoms with E-state index in [-0.39, 0.29) is 18.2 Å². The molecule has 0 bridgehead atoms. The Balaban J connectivity index is 1.63. The Morgan fingerprint density at radius 3 is 2.52 bits per heavy atom. The molecule has 2 aliphatic rings. The molecular weight excluding hydrogens is 452 g/mol. The minimum absolute atomic E-state index is 0.0272. The fraction of sp³-hybridized carbons (Fsp3) is 0.409. The highest BCUT2D eigenvalue weighted by Gasteiger charge is 2.35. The predicted octanol–water partition coefficient (Wildman–Crippen LogP) is 4.90. The maximum atomic E-state index is 13.4. The zero-order valence-electron chi connectivity index (χ0n) is 16.6. The third kappa shape index (κ3) is 4.27. The van der Waals surface area contributed by atoms with Crippen molar-refractivity contribution in [3.8, 4) is 5.75 Å². The Labute approximate surface area is 181 Å². The number of aromatic nitrogens is 1. The van der Waals surface area contributed by atoms with Crippen LogP contribution in [0.25, 0.3) is 6.08 Å². The molecule has 0 saturated heterocycles. The quantitative estimate of drug-likeness (QED) is 0.556. The summed E-state index contributed by atoms with van der Waals surface area (Å²) in [6.45, 7) is 4.25. The van der Waals surface area contributed by atoms with Gasteiger partial charge in [0.05, 0.1) is 17.1 Å². The SMILES string of the molecule is CC1(C)C=Cc2nc(CN(C3CCC3)S(=O)(=O)c3ccc(CBr)cc3)ccc2O1. The second-order valence-electron chi connectivity index (χ2n) is 8.14. The summed E-state index contributed by atoms with van der Waals surface area (Å²) in [4.78, 5) is 5.00. The van der Waals surface area contributed by atoms with Crippen LogP contribution in [0.1, 0.15) is 50.1 Å². The molecule has 1 fully saturated rings. The molecular formula is C22H25BrN2O3S. The molecule has 7 heteroatoms. The zero-order chi connectivity index (χ0) is 20.6. The minimum atomic E-state index is -3.60. The van der Waals surface area contributed by atoms with Gasteiger partial charge in [0.25, 0.3) is 0 Å². The molecule has 0 radical (unpaired) electrons. The molecule has 1 aromatic carbocycles. The molecule has 2 aromatic rings. The topological polar surface area (TPSA) is 59.5 Å². The maximum absolute atomic E-state index is 13.4. The van der Waals surface area contributed by atoms with Crippen LogP contribution in [0, 0.1) is 0 Å². The first-order chi connectivity index (χ1) is 13.8.